The highest BCUT2D eigenvalue weighted by Crippen LogP contribution is 2.41. The molecule has 0 atom stereocenters. The van der Waals surface area contributed by atoms with E-state index in [2.05, 4.69) is 49.3 Å². The van der Waals surface area contributed by atoms with Crippen LogP contribution in [0, 0.1) is 0 Å². The number of halogens is 1. The van der Waals surface area contributed by atoms with Crippen LogP contribution in [0.15, 0.2) is 42.6 Å². The number of hydrogen-bond acceptors (Lipinski definition) is 4. The Labute approximate surface area is 163 Å². The Hall–Kier alpha value is -2.24. The van der Waals surface area contributed by atoms with Crippen LogP contribution < -0.4 is 5.32 Å². The molecular formula is C21H22ClN5. The molecule has 138 valence electrons. The maximum absolute atomic E-state index is 6.37. The Balaban J connectivity index is 1.43. The van der Waals surface area contributed by atoms with E-state index in [4.69, 9.17) is 11.6 Å². The van der Waals surface area contributed by atoms with Gasteiger partial charge >= 0.3 is 0 Å². The van der Waals surface area contributed by atoms with Crippen molar-refractivity contribution < 1.29 is 0 Å². The molecule has 0 amide bonds. The minimum Gasteiger partial charge on any atom is -0.306 e. The van der Waals surface area contributed by atoms with Crippen molar-refractivity contribution in [2.24, 2.45) is 0 Å². The molecule has 1 aliphatic heterocycles. The summed E-state index contributed by atoms with van der Waals surface area (Å²) in [7, 11) is 0. The molecule has 27 heavy (non-hydrogen) atoms. The first-order valence-corrected chi connectivity index (χ1v) is 10.0. The van der Waals surface area contributed by atoms with Gasteiger partial charge in [-0.05, 0) is 49.4 Å². The molecule has 6 heteroatoms. The summed E-state index contributed by atoms with van der Waals surface area (Å²) in [5.41, 5.74) is 3.56. The lowest BCUT2D eigenvalue weighted by Crippen LogP contribution is -2.17. The highest BCUT2D eigenvalue weighted by Gasteiger charge is 2.30. The van der Waals surface area contributed by atoms with E-state index in [9.17, 15) is 0 Å². The van der Waals surface area contributed by atoms with Gasteiger partial charge in [0, 0.05) is 24.6 Å². The van der Waals surface area contributed by atoms with E-state index in [-0.39, 0.29) is 0 Å². The Morgan fingerprint density at radius 2 is 1.74 bits per heavy atom. The largest absolute Gasteiger partial charge is 0.306 e. The van der Waals surface area contributed by atoms with Crippen molar-refractivity contribution in [1.29, 1.82) is 0 Å². The maximum Gasteiger partial charge on any atom is 0.151 e. The van der Waals surface area contributed by atoms with Gasteiger partial charge in [0.25, 0.3) is 0 Å². The van der Waals surface area contributed by atoms with Crippen molar-refractivity contribution in [3.8, 4) is 5.69 Å². The Morgan fingerprint density at radius 3 is 2.59 bits per heavy atom. The van der Waals surface area contributed by atoms with Crippen molar-refractivity contribution >= 4 is 11.6 Å². The highest BCUT2D eigenvalue weighted by molar-refractivity contribution is 6.31. The van der Waals surface area contributed by atoms with Crippen molar-refractivity contribution in [3.05, 3.63) is 70.5 Å². The fourth-order valence-electron chi connectivity index (χ4n) is 4.48. The van der Waals surface area contributed by atoms with Crippen molar-refractivity contribution in [1.82, 2.24) is 25.1 Å². The number of nitrogens with zero attached hydrogens (tertiary/aromatic N) is 4. The molecule has 0 radical (unpaired) electrons. The molecule has 0 spiro atoms. The lowest BCUT2D eigenvalue weighted by atomic mass is 9.80. The summed E-state index contributed by atoms with van der Waals surface area (Å²) >= 11 is 6.37. The first kappa shape index (κ1) is 16.9. The molecule has 1 saturated carbocycles. The summed E-state index contributed by atoms with van der Waals surface area (Å²) in [6.45, 7) is 1.62. The normalized spacial score (nSPS) is 22.0. The molecule has 2 aromatic heterocycles. The number of hydrogen-bond donors (Lipinski definition) is 1. The highest BCUT2D eigenvalue weighted by atomic mass is 35.5. The van der Waals surface area contributed by atoms with Gasteiger partial charge in [-0.15, -0.1) is 10.2 Å². The Bertz CT molecular complexity index is 959. The van der Waals surface area contributed by atoms with Crippen LogP contribution in [0.5, 0.6) is 0 Å². The summed E-state index contributed by atoms with van der Waals surface area (Å²) in [5.74, 6) is 2.98. The van der Waals surface area contributed by atoms with Gasteiger partial charge in [0.15, 0.2) is 5.82 Å². The van der Waals surface area contributed by atoms with Crippen LogP contribution in [0.25, 0.3) is 5.69 Å². The molecule has 5 nitrogen and oxygen atoms in total. The van der Waals surface area contributed by atoms with Crippen LogP contribution in [-0.4, -0.2) is 19.7 Å². The summed E-state index contributed by atoms with van der Waals surface area (Å²) in [5, 5.41) is 13.4. The quantitative estimate of drug-likeness (QED) is 0.718. The van der Waals surface area contributed by atoms with Gasteiger partial charge in [0.2, 0.25) is 0 Å². The number of para-hydroxylation sites is 1. The second kappa shape index (κ2) is 7.06. The monoisotopic (exact) mass is 379 g/mol. The van der Waals surface area contributed by atoms with E-state index in [1.54, 1.807) is 0 Å². The first-order chi connectivity index (χ1) is 13.3. The molecule has 3 heterocycles. The molecule has 3 aromatic rings. The summed E-state index contributed by atoms with van der Waals surface area (Å²) in [6, 6.07) is 12.4. The van der Waals surface area contributed by atoms with E-state index in [1.165, 1.54) is 11.3 Å². The number of rotatable bonds is 2. The molecule has 1 fully saturated rings. The van der Waals surface area contributed by atoms with Gasteiger partial charge in [-0.3, -0.25) is 9.55 Å². The average molecular weight is 380 g/mol. The Morgan fingerprint density at radius 1 is 0.926 bits per heavy atom. The van der Waals surface area contributed by atoms with Gasteiger partial charge in [-0.1, -0.05) is 29.8 Å². The SMILES string of the molecule is Clc1cccnc1C1CCC(c2nnc3n2-c2ccccc2CNC3)CC1. The predicted molar refractivity (Wildman–Crippen MR) is 105 cm³/mol. The predicted octanol–water partition coefficient (Wildman–Crippen LogP) is 4.36. The van der Waals surface area contributed by atoms with E-state index < -0.39 is 0 Å². The number of aromatic nitrogens is 4. The van der Waals surface area contributed by atoms with E-state index in [0.717, 1.165) is 61.1 Å². The van der Waals surface area contributed by atoms with Crippen LogP contribution >= 0.6 is 11.6 Å². The van der Waals surface area contributed by atoms with Crippen LogP contribution in [0.1, 0.15) is 60.4 Å². The van der Waals surface area contributed by atoms with Crippen molar-refractivity contribution in [2.45, 2.75) is 50.6 Å². The number of fused-ring (bicyclic) bond motifs is 3. The van der Waals surface area contributed by atoms with Gasteiger partial charge in [0.05, 0.1) is 22.9 Å². The van der Waals surface area contributed by atoms with Gasteiger partial charge in [-0.2, -0.15) is 0 Å². The topological polar surface area (TPSA) is 55.6 Å². The van der Waals surface area contributed by atoms with Crippen LogP contribution in [0.2, 0.25) is 5.02 Å². The third kappa shape index (κ3) is 3.05. The van der Waals surface area contributed by atoms with E-state index in [0.29, 0.717) is 11.8 Å². The minimum absolute atomic E-state index is 0.427. The summed E-state index contributed by atoms with van der Waals surface area (Å²) in [4.78, 5) is 4.53. The number of pyridine rings is 1. The smallest absolute Gasteiger partial charge is 0.151 e. The number of benzene rings is 1. The minimum atomic E-state index is 0.427. The zero-order chi connectivity index (χ0) is 18.2. The molecule has 0 unspecified atom stereocenters. The molecule has 0 saturated heterocycles. The van der Waals surface area contributed by atoms with E-state index in [1.807, 2.05) is 18.3 Å². The first-order valence-electron chi connectivity index (χ1n) is 9.65. The third-order valence-corrected chi connectivity index (χ3v) is 6.17. The van der Waals surface area contributed by atoms with E-state index >= 15 is 0 Å². The second-order valence-corrected chi connectivity index (χ2v) is 7.87. The van der Waals surface area contributed by atoms with Gasteiger partial charge in [-0.25, -0.2) is 0 Å². The number of nitrogens with one attached hydrogen (secondary N) is 1. The maximum atomic E-state index is 6.37. The molecule has 1 aliphatic carbocycles. The van der Waals surface area contributed by atoms with Gasteiger partial charge < -0.3 is 5.32 Å². The lowest BCUT2D eigenvalue weighted by molar-refractivity contribution is 0.377. The second-order valence-electron chi connectivity index (χ2n) is 7.46. The zero-order valence-electron chi connectivity index (χ0n) is 15.1. The molecular weight excluding hydrogens is 358 g/mol. The van der Waals surface area contributed by atoms with Crippen LogP contribution in [-0.2, 0) is 13.1 Å². The third-order valence-electron chi connectivity index (χ3n) is 5.85. The van der Waals surface area contributed by atoms with Crippen molar-refractivity contribution in [3.63, 3.8) is 0 Å². The Kier molecular flexibility index (Phi) is 4.42. The lowest BCUT2D eigenvalue weighted by Gasteiger charge is -2.28. The zero-order valence-corrected chi connectivity index (χ0v) is 15.9. The average Bonchev–Trinajstić information content (AvgIpc) is 3.04. The standard InChI is InChI=1S/C21H22ClN5/c22-17-5-3-11-24-20(17)14-7-9-15(10-8-14)21-26-25-19-13-23-12-16-4-1-2-6-18(16)27(19)21/h1-6,11,14-15,23H,7-10,12-13H2. The van der Waals surface area contributed by atoms with Gasteiger partial charge in [0.1, 0.15) is 5.82 Å². The molecule has 1 aromatic carbocycles. The fraction of sp³-hybridized carbons (Fsp3) is 0.381. The molecule has 0 bridgehead atoms. The molecule has 2 aliphatic rings. The fourth-order valence-corrected chi connectivity index (χ4v) is 4.76. The van der Waals surface area contributed by atoms with Crippen molar-refractivity contribution in [2.75, 3.05) is 0 Å². The molecule has 1 N–H and O–H groups in total. The summed E-state index contributed by atoms with van der Waals surface area (Å²) < 4.78 is 2.29. The summed E-state index contributed by atoms with van der Waals surface area (Å²) in [6.07, 6.45) is 6.19. The van der Waals surface area contributed by atoms with Crippen LogP contribution in [0.3, 0.4) is 0 Å². The van der Waals surface area contributed by atoms with Crippen LogP contribution in [0.4, 0.5) is 0 Å². The molecule has 5 rings (SSSR count).